The summed E-state index contributed by atoms with van der Waals surface area (Å²) in [7, 11) is 0. The Labute approximate surface area is 190 Å². The molecule has 1 amide bonds. The fraction of sp³-hybridized carbons (Fsp3) is 0.370. The van der Waals surface area contributed by atoms with Crippen molar-refractivity contribution in [2.45, 2.75) is 58.7 Å². The maximum absolute atomic E-state index is 13.3. The van der Waals surface area contributed by atoms with Crippen molar-refractivity contribution in [3.63, 3.8) is 0 Å². The smallest absolute Gasteiger partial charge is 0.256 e. The van der Waals surface area contributed by atoms with Crippen molar-refractivity contribution in [2.24, 2.45) is 0 Å². The molecule has 170 valence electrons. The number of unbranched alkanes of at least 4 members (excludes halogenated alkanes) is 3. The van der Waals surface area contributed by atoms with Crippen LogP contribution in [-0.4, -0.2) is 28.6 Å². The number of aliphatic hydroxyl groups is 1. The van der Waals surface area contributed by atoms with Gasteiger partial charge < -0.3 is 19.2 Å². The van der Waals surface area contributed by atoms with Crippen molar-refractivity contribution in [1.29, 1.82) is 0 Å². The molecule has 1 heterocycles. The molecule has 0 aliphatic rings. The number of hydrogen-bond donors (Lipinski definition) is 1. The van der Waals surface area contributed by atoms with Crippen LogP contribution in [0.3, 0.4) is 0 Å². The van der Waals surface area contributed by atoms with Gasteiger partial charge in [0.05, 0.1) is 12.9 Å². The van der Waals surface area contributed by atoms with Crippen LogP contribution in [0, 0.1) is 0 Å². The zero-order valence-electron chi connectivity index (χ0n) is 19.2. The number of para-hydroxylation sites is 1. The molecule has 0 aliphatic carbocycles. The standard InChI is InChI=1S/C27H33NO4/c1-4-5-6-9-18-32-25-12-8-7-11-23(25)27(30)28(20(2)3)26(29)22-16-14-21(15-17-22)24-13-10-19-31-24/h7-8,10-17,19-20,27,30H,4-6,9,18H2,1-3H3. The summed E-state index contributed by atoms with van der Waals surface area (Å²) in [5.74, 6) is 1.12. The molecule has 0 bridgehead atoms. The lowest BCUT2D eigenvalue weighted by molar-refractivity contribution is -0.00891. The molecule has 0 spiro atoms. The first-order valence-corrected chi connectivity index (χ1v) is 11.4. The molecule has 3 rings (SSSR count). The fourth-order valence-electron chi connectivity index (χ4n) is 3.68. The lowest BCUT2D eigenvalue weighted by atomic mass is 10.1. The van der Waals surface area contributed by atoms with E-state index in [4.69, 9.17) is 9.15 Å². The SMILES string of the molecule is CCCCCCOc1ccccc1C(O)N(C(=O)c1ccc(-c2ccco2)cc1)C(C)C. The third-order valence-corrected chi connectivity index (χ3v) is 5.44. The molecule has 32 heavy (non-hydrogen) atoms. The lowest BCUT2D eigenvalue weighted by Gasteiger charge is -2.32. The number of furan rings is 1. The highest BCUT2D eigenvalue weighted by molar-refractivity contribution is 5.95. The Morgan fingerprint density at radius 1 is 1.00 bits per heavy atom. The molecule has 5 nitrogen and oxygen atoms in total. The number of hydrogen-bond acceptors (Lipinski definition) is 4. The summed E-state index contributed by atoms with van der Waals surface area (Å²) in [4.78, 5) is 14.8. The molecule has 3 aromatic rings. The molecule has 1 aromatic heterocycles. The number of carbonyl (C=O) groups is 1. The van der Waals surface area contributed by atoms with Crippen molar-refractivity contribution in [3.8, 4) is 17.1 Å². The molecule has 5 heteroatoms. The predicted molar refractivity (Wildman–Crippen MR) is 126 cm³/mol. The van der Waals surface area contributed by atoms with Crippen LogP contribution >= 0.6 is 0 Å². The molecule has 1 atom stereocenters. The minimum atomic E-state index is -1.11. The van der Waals surface area contributed by atoms with Crippen LogP contribution in [0.25, 0.3) is 11.3 Å². The maximum Gasteiger partial charge on any atom is 0.256 e. The second-order valence-electron chi connectivity index (χ2n) is 8.18. The highest BCUT2D eigenvalue weighted by Gasteiger charge is 2.29. The van der Waals surface area contributed by atoms with Crippen molar-refractivity contribution < 1.29 is 19.1 Å². The van der Waals surface area contributed by atoms with Crippen LogP contribution in [0.2, 0.25) is 0 Å². The van der Waals surface area contributed by atoms with E-state index in [2.05, 4.69) is 6.92 Å². The second kappa shape index (κ2) is 11.5. The van der Waals surface area contributed by atoms with Gasteiger partial charge in [-0.3, -0.25) is 4.79 Å². The molecule has 0 saturated heterocycles. The van der Waals surface area contributed by atoms with Crippen molar-refractivity contribution in [3.05, 3.63) is 78.1 Å². The quantitative estimate of drug-likeness (QED) is 0.278. The summed E-state index contributed by atoms with van der Waals surface area (Å²) in [5.41, 5.74) is 1.99. The van der Waals surface area contributed by atoms with Crippen LogP contribution in [0.5, 0.6) is 5.75 Å². The molecule has 0 saturated carbocycles. The third-order valence-electron chi connectivity index (χ3n) is 5.44. The highest BCUT2D eigenvalue weighted by atomic mass is 16.5. The second-order valence-corrected chi connectivity index (χ2v) is 8.18. The van der Waals surface area contributed by atoms with E-state index in [0.29, 0.717) is 23.5 Å². The van der Waals surface area contributed by atoms with Gasteiger partial charge in [0.1, 0.15) is 11.5 Å². The molecule has 1 unspecified atom stereocenters. The minimum Gasteiger partial charge on any atom is -0.493 e. The first kappa shape index (κ1) is 23.6. The van der Waals surface area contributed by atoms with Gasteiger partial charge in [-0.2, -0.15) is 0 Å². The number of carbonyl (C=O) groups excluding carboxylic acids is 1. The molecule has 1 N–H and O–H groups in total. The van der Waals surface area contributed by atoms with E-state index < -0.39 is 6.23 Å². The van der Waals surface area contributed by atoms with Crippen LogP contribution in [-0.2, 0) is 0 Å². The van der Waals surface area contributed by atoms with Crippen molar-refractivity contribution in [2.75, 3.05) is 6.61 Å². The van der Waals surface area contributed by atoms with Gasteiger partial charge in [-0.05, 0) is 50.6 Å². The van der Waals surface area contributed by atoms with Crippen molar-refractivity contribution >= 4 is 5.91 Å². The number of amides is 1. The largest absolute Gasteiger partial charge is 0.493 e. The van der Waals surface area contributed by atoms with E-state index >= 15 is 0 Å². The number of aliphatic hydroxyl groups excluding tert-OH is 1. The molecular formula is C27H33NO4. The third kappa shape index (κ3) is 5.80. The van der Waals surface area contributed by atoms with E-state index in [9.17, 15) is 9.90 Å². The van der Waals surface area contributed by atoms with Gasteiger partial charge >= 0.3 is 0 Å². The molecular weight excluding hydrogens is 402 g/mol. The van der Waals surface area contributed by atoms with E-state index in [1.165, 1.54) is 17.7 Å². The Kier molecular flexibility index (Phi) is 8.51. The summed E-state index contributed by atoms with van der Waals surface area (Å²) >= 11 is 0. The van der Waals surface area contributed by atoms with Gasteiger partial charge in [-0.1, -0.05) is 56.5 Å². The van der Waals surface area contributed by atoms with Crippen LogP contribution < -0.4 is 4.74 Å². The Morgan fingerprint density at radius 2 is 1.75 bits per heavy atom. The van der Waals surface area contributed by atoms with Crippen molar-refractivity contribution in [1.82, 2.24) is 4.90 Å². The summed E-state index contributed by atoms with van der Waals surface area (Å²) in [6, 6.07) is 18.1. The van der Waals surface area contributed by atoms with Gasteiger partial charge in [-0.15, -0.1) is 0 Å². The van der Waals surface area contributed by atoms with Crippen LogP contribution in [0.1, 0.15) is 68.6 Å². The van der Waals surface area contributed by atoms with E-state index in [1.54, 1.807) is 18.4 Å². The number of nitrogens with zero attached hydrogens (tertiary/aromatic N) is 1. The number of rotatable bonds is 11. The zero-order chi connectivity index (χ0) is 22.9. The fourth-order valence-corrected chi connectivity index (χ4v) is 3.68. The van der Waals surface area contributed by atoms with Gasteiger partial charge in [0.25, 0.3) is 5.91 Å². The Balaban J connectivity index is 1.77. The van der Waals surface area contributed by atoms with E-state index in [1.807, 2.05) is 62.4 Å². The lowest BCUT2D eigenvalue weighted by Crippen LogP contribution is -2.40. The zero-order valence-corrected chi connectivity index (χ0v) is 19.2. The predicted octanol–water partition coefficient (Wildman–Crippen LogP) is 6.45. The molecule has 0 radical (unpaired) electrons. The maximum atomic E-state index is 13.3. The molecule has 0 aliphatic heterocycles. The molecule has 0 fully saturated rings. The normalized spacial score (nSPS) is 12.0. The Hall–Kier alpha value is -3.05. The van der Waals surface area contributed by atoms with Gasteiger partial charge in [-0.25, -0.2) is 0 Å². The Morgan fingerprint density at radius 3 is 2.41 bits per heavy atom. The van der Waals surface area contributed by atoms with Crippen LogP contribution in [0.15, 0.2) is 71.3 Å². The van der Waals surface area contributed by atoms with Gasteiger partial charge in [0.2, 0.25) is 0 Å². The first-order chi connectivity index (χ1) is 15.5. The number of benzene rings is 2. The summed E-state index contributed by atoms with van der Waals surface area (Å²) in [5, 5.41) is 11.2. The Bertz CT molecular complexity index is 964. The van der Waals surface area contributed by atoms with Gasteiger partial charge in [0.15, 0.2) is 6.23 Å². The first-order valence-electron chi connectivity index (χ1n) is 11.4. The summed E-state index contributed by atoms with van der Waals surface area (Å²) in [6.07, 6.45) is 4.94. The van der Waals surface area contributed by atoms with Gasteiger partial charge in [0, 0.05) is 22.7 Å². The molecule has 2 aromatic carbocycles. The average Bonchev–Trinajstić information content (AvgIpc) is 3.34. The highest BCUT2D eigenvalue weighted by Crippen LogP contribution is 2.31. The monoisotopic (exact) mass is 435 g/mol. The number of ether oxygens (including phenoxy) is 1. The average molecular weight is 436 g/mol. The summed E-state index contributed by atoms with van der Waals surface area (Å²) in [6.45, 7) is 6.56. The topological polar surface area (TPSA) is 62.9 Å². The van der Waals surface area contributed by atoms with E-state index in [-0.39, 0.29) is 11.9 Å². The minimum absolute atomic E-state index is 0.208. The van der Waals surface area contributed by atoms with E-state index in [0.717, 1.165) is 24.2 Å². The summed E-state index contributed by atoms with van der Waals surface area (Å²) < 4.78 is 11.4. The van der Waals surface area contributed by atoms with Crippen LogP contribution in [0.4, 0.5) is 0 Å².